The van der Waals surface area contributed by atoms with E-state index < -0.39 is 0 Å². The van der Waals surface area contributed by atoms with Crippen LogP contribution in [0, 0.1) is 13.8 Å². The van der Waals surface area contributed by atoms with Gasteiger partial charge in [-0.05, 0) is 37.1 Å². The molecule has 128 valence electrons. The van der Waals surface area contributed by atoms with Gasteiger partial charge in [0.05, 0.1) is 16.9 Å². The third-order valence-corrected chi connectivity index (χ3v) is 4.66. The predicted molar refractivity (Wildman–Crippen MR) is 107 cm³/mol. The SMILES string of the molecule is Cc1ccc(-n2[nH]c(-c3ccccc3C)c(-c3ccccc3)c2=O)cc1. The lowest BCUT2D eigenvalue weighted by Crippen LogP contribution is -2.15. The molecule has 3 aromatic carbocycles. The second-order valence-electron chi connectivity index (χ2n) is 6.52. The fourth-order valence-electron chi connectivity index (χ4n) is 3.23. The number of aromatic nitrogens is 2. The molecule has 0 aliphatic rings. The molecular weight excluding hydrogens is 320 g/mol. The molecule has 4 rings (SSSR count). The average Bonchev–Trinajstić information content (AvgIpc) is 3.00. The van der Waals surface area contributed by atoms with Gasteiger partial charge >= 0.3 is 0 Å². The first-order chi connectivity index (χ1) is 12.6. The summed E-state index contributed by atoms with van der Waals surface area (Å²) in [6.07, 6.45) is 0. The molecule has 0 radical (unpaired) electrons. The van der Waals surface area contributed by atoms with Gasteiger partial charge in [0.25, 0.3) is 5.56 Å². The van der Waals surface area contributed by atoms with Crippen LogP contribution in [0.1, 0.15) is 11.1 Å². The van der Waals surface area contributed by atoms with Crippen LogP contribution in [0.3, 0.4) is 0 Å². The van der Waals surface area contributed by atoms with Crippen molar-refractivity contribution in [1.82, 2.24) is 9.78 Å². The number of nitrogens with one attached hydrogen (secondary N) is 1. The molecule has 0 bridgehead atoms. The summed E-state index contributed by atoms with van der Waals surface area (Å²) in [5.41, 5.74) is 6.57. The summed E-state index contributed by atoms with van der Waals surface area (Å²) in [6, 6.07) is 25.9. The van der Waals surface area contributed by atoms with Crippen LogP contribution >= 0.6 is 0 Å². The molecule has 0 amide bonds. The molecule has 26 heavy (non-hydrogen) atoms. The quantitative estimate of drug-likeness (QED) is 0.552. The molecule has 0 saturated heterocycles. The summed E-state index contributed by atoms with van der Waals surface area (Å²) < 4.78 is 1.63. The van der Waals surface area contributed by atoms with Gasteiger partial charge in [0.1, 0.15) is 0 Å². The number of rotatable bonds is 3. The zero-order valence-electron chi connectivity index (χ0n) is 14.9. The maximum absolute atomic E-state index is 13.3. The minimum absolute atomic E-state index is 0.0432. The van der Waals surface area contributed by atoms with Crippen LogP contribution in [0.25, 0.3) is 28.1 Å². The van der Waals surface area contributed by atoms with E-state index in [1.54, 1.807) is 4.68 Å². The van der Waals surface area contributed by atoms with Crippen molar-refractivity contribution in [3.63, 3.8) is 0 Å². The Kier molecular flexibility index (Phi) is 4.05. The molecule has 1 N–H and O–H groups in total. The zero-order valence-corrected chi connectivity index (χ0v) is 14.9. The number of aromatic amines is 1. The van der Waals surface area contributed by atoms with Crippen molar-refractivity contribution >= 4 is 0 Å². The van der Waals surface area contributed by atoms with E-state index in [9.17, 15) is 4.79 Å². The molecule has 3 nitrogen and oxygen atoms in total. The van der Waals surface area contributed by atoms with E-state index in [2.05, 4.69) is 18.1 Å². The van der Waals surface area contributed by atoms with Crippen molar-refractivity contribution in [3.05, 3.63) is 100 Å². The Balaban J connectivity index is 2.01. The van der Waals surface area contributed by atoms with E-state index in [-0.39, 0.29) is 5.56 Å². The van der Waals surface area contributed by atoms with E-state index in [0.717, 1.165) is 33.6 Å². The fraction of sp³-hybridized carbons (Fsp3) is 0.0870. The highest BCUT2D eigenvalue weighted by Crippen LogP contribution is 2.30. The molecule has 0 aliphatic heterocycles. The van der Waals surface area contributed by atoms with Crippen molar-refractivity contribution in [1.29, 1.82) is 0 Å². The van der Waals surface area contributed by atoms with Gasteiger partial charge < -0.3 is 0 Å². The second kappa shape index (κ2) is 6.52. The van der Waals surface area contributed by atoms with Crippen LogP contribution in [0.4, 0.5) is 0 Å². The van der Waals surface area contributed by atoms with E-state index in [0.29, 0.717) is 5.56 Å². The van der Waals surface area contributed by atoms with Crippen LogP contribution in [-0.2, 0) is 0 Å². The van der Waals surface area contributed by atoms with Gasteiger partial charge in [-0.3, -0.25) is 9.89 Å². The van der Waals surface area contributed by atoms with Crippen molar-refractivity contribution in [2.45, 2.75) is 13.8 Å². The molecule has 0 saturated carbocycles. The van der Waals surface area contributed by atoms with Gasteiger partial charge in [0.15, 0.2) is 0 Å². The highest BCUT2D eigenvalue weighted by Gasteiger charge is 2.19. The smallest absolute Gasteiger partial charge is 0.279 e. The van der Waals surface area contributed by atoms with Gasteiger partial charge in [-0.1, -0.05) is 72.3 Å². The normalized spacial score (nSPS) is 10.8. The molecule has 1 aromatic heterocycles. The maximum Gasteiger partial charge on any atom is 0.279 e. The molecule has 1 heterocycles. The summed E-state index contributed by atoms with van der Waals surface area (Å²) in [7, 11) is 0. The molecule has 3 heteroatoms. The van der Waals surface area contributed by atoms with Crippen molar-refractivity contribution in [2.24, 2.45) is 0 Å². The monoisotopic (exact) mass is 340 g/mol. The average molecular weight is 340 g/mol. The van der Waals surface area contributed by atoms with Gasteiger partial charge in [0, 0.05) is 5.56 Å². The largest absolute Gasteiger partial charge is 0.290 e. The maximum atomic E-state index is 13.3. The Morgan fingerprint density at radius 1 is 0.769 bits per heavy atom. The molecule has 0 unspecified atom stereocenters. The Morgan fingerprint density at radius 3 is 2.12 bits per heavy atom. The summed E-state index contributed by atoms with van der Waals surface area (Å²) in [5.74, 6) is 0. The van der Waals surface area contributed by atoms with E-state index in [4.69, 9.17) is 0 Å². The van der Waals surface area contributed by atoms with E-state index in [1.165, 1.54) is 0 Å². The lowest BCUT2D eigenvalue weighted by molar-refractivity contribution is 0.852. The lowest BCUT2D eigenvalue weighted by atomic mass is 9.99. The van der Waals surface area contributed by atoms with Crippen LogP contribution < -0.4 is 5.56 Å². The number of hydrogen-bond acceptors (Lipinski definition) is 1. The first kappa shape index (κ1) is 16.2. The molecule has 0 atom stereocenters. The zero-order chi connectivity index (χ0) is 18.1. The number of aryl methyl sites for hydroxylation is 2. The van der Waals surface area contributed by atoms with Crippen LogP contribution in [-0.4, -0.2) is 9.78 Å². The summed E-state index contributed by atoms with van der Waals surface area (Å²) >= 11 is 0. The van der Waals surface area contributed by atoms with Gasteiger partial charge in [-0.2, -0.15) is 0 Å². The summed E-state index contributed by atoms with van der Waals surface area (Å²) in [4.78, 5) is 13.3. The third kappa shape index (κ3) is 2.78. The minimum Gasteiger partial charge on any atom is -0.290 e. The van der Waals surface area contributed by atoms with Crippen molar-refractivity contribution in [3.8, 4) is 28.1 Å². The highest BCUT2D eigenvalue weighted by atomic mass is 16.1. The van der Waals surface area contributed by atoms with Gasteiger partial charge in [0.2, 0.25) is 0 Å². The summed E-state index contributed by atoms with van der Waals surface area (Å²) in [5, 5.41) is 3.35. The number of hydrogen-bond donors (Lipinski definition) is 1. The Morgan fingerprint density at radius 2 is 1.42 bits per heavy atom. The van der Waals surface area contributed by atoms with Gasteiger partial charge in [-0.15, -0.1) is 0 Å². The fourth-order valence-corrected chi connectivity index (χ4v) is 3.23. The lowest BCUT2D eigenvalue weighted by Gasteiger charge is -2.06. The second-order valence-corrected chi connectivity index (χ2v) is 6.52. The molecule has 0 spiro atoms. The Labute approximate surface area is 152 Å². The molecule has 0 aliphatic carbocycles. The Hall–Kier alpha value is -3.33. The number of nitrogens with zero attached hydrogens (tertiary/aromatic N) is 1. The Bertz CT molecular complexity index is 1100. The van der Waals surface area contributed by atoms with Crippen molar-refractivity contribution < 1.29 is 0 Å². The van der Waals surface area contributed by atoms with Crippen molar-refractivity contribution in [2.75, 3.05) is 0 Å². The third-order valence-electron chi connectivity index (χ3n) is 4.66. The minimum atomic E-state index is -0.0432. The highest BCUT2D eigenvalue weighted by molar-refractivity contribution is 5.82. The molecular formula is C23H20N2O. The first-order valence-electron chi connectivity index (χ1n) is 8.68. The van der Waals surface area contributed by atoms with E-state index in [1.807, 2.05) is 79.7 Å². The number of H-pyrrole nitrogens is 1. The first-order valence-corrected chi connectivity index (χ1v) is 8.68. The molecule has 0 fully saturated rings. The van der Waals surface area contributed by atoms with Crippen LogP contribution in [0.2, 0.25) is 0 Å². The predicted octanol–water partition coefficient (Wildman–Crippen LogP) is 5.12. The van der Waals surface area contributed by atoms with Crippen LogP contribution in [0.15, 0.2) is 83.7 Å². The van der Waals surface area contributed by atoms with Gasteiger partial charge in [-0.25, -0.2) is 4.68 Å². The van der Waals surface area contributed by atoms with Crippen LogP contribution in [0.5, 0.6) is 0 Å². The number of benzene rings is 3. The standard InChI is InChI=1S/C23H20N2O/c1-16-12-14-19(15-13-16)25-23(26)21(18-9-4-3-5-10-18)22(24-25)20-11-7-6-8-17(20)2/h3-15,24H,1-2H3. The topological polar surface area (TPSA) is 37.8 Å². The summed E-state index contributed by atoms with van der Waals surface area (Å²) in [6.45, 7) is 4.10. The molecule has 4 aromatic rings. The van der Waals surface area contributed by atoms with E-state index >= 15 is 0 Å².